The maximum atomic E-state index is 9.55. The standard InChI is InChI=1S/C4H4O4.Na.H/c5-3(6)1-2-4(7)8;;/h1-2H,(H,5,6)(H,7,8);;/b2-1-;;. The Morgan fingerprint density at radius 2 is 1.22 bits per heavy atom. The van der Waals surface area contributed by atoms with Crippen molar-refractivity contribution < 1.29 is 19.8 Å². The van der Waals surface area contributed by atoms with Crippen LogP contribution in [0.15, 0.2) is 12.2 Å². The molecule has 0 aliphatic carbocycles. The molecule has 0 rings (SSSR count). The normalized spacial score (nSPS) is 8.44. The Labute approximate surface area is 73.5 Å². The molecule has 0 aromatic carbocycles. The number of carbonyl (C=O) groups is 2. The molecular weight excluding hydrogens is 135 g/mol. The Bertz CT molecular complexity index is 124. The molecule has 9 heavy (non-hydrogen) atoms. The zero-order chi connectivity index (χ0) is 6.57. The zero-order valence-electron chi connectivity index (χ0n) is 3.87. The number of carboxylic acid groups (broad SMARTS) is 2. The third kappa shape index (κ3) is 11.3. The third-order valence-corrected chi connectivity index (χ3v) is 0.368. The molecule has 0 aromatic rings. The molecule has 0 saturated carbocycles. The van der Waals surface area contributed by atoms with Gasteiger partial charge >= 0.3 is 41.5 Å². The van der Waals surface area contributed by atoms with Crippen molar-refractivity contribution in [3.63, 3.8) is 0 Å². The van der Waals surface area contributed by atoms with Crippen molar-refractivity contribution in [1.29, 1.82) is 0 Å². The summed E-state index contributed by atoms with van der Waals surface area (Å²) in [5.41, 5.74) is 0. The minimum absolute atomic E-state index is 0. The van der Waals surface area contributed by atoms with Crippen LogP contribution in [0.25, 0.3) is 0 Å². The Balaban J connectivity index is 0. The van der Waals surface area contributed by atoms with Crippen LogP contribution in [0.4, 0.5) is 0 Å². The summed E-state index contributed by atoms with van der Waals surface area (Å²) in [6.45, 7) is 0. The van der Waals surface area contributed by atoms with Crippen molar-refractivity contribution in [2.75, 3.05) is 0 Å². The fourth-order valence-corrected chi connectivity index (χ4v) is 0.143. The first-order chi connectivity index (χ1) is 3.63. The molecule has 0 spiro atoms. The van der Waals surface area contributed by atoms with Crippen molar-refractivity contribution in [3.8, 4) is 0 Å². The predicted octanol–water partition coefficient (Wildman–Crippen LogP) is -0.937. The average Bonchev–Trinajstić information content (AvgIpc) is 1.61. The second-order valence-corrected chi connectivity index (χ2v) is 1.01. The van der Waals surface area contributed by atoms with Gasteiger partial charge in [-0.3, -0.25) is 0 Å². The van der Waals surface area contributed by atoms with Gasteiger partial charge in [0.05, 0.1) is 0 Å². The van der Waals surface area contributed by atoms with E-state index in [2.05, 4.69) is 0 Å². The molecule has 0 amide bonds. The van der Waals surface area contributed by atoms with E-state index in [-0.39, 0.29) is 29.6 Å². The number of carboxylic acids is 2. The minimum atomic E-state index is -1.26. The van der Waals surface area contributed by atoms with Gasteiger partial charge < -0.3 is 10.2 Å². The van der Waals surface area contributed by atoms with E-state index in [1.807, 2.05) is 0 Å². The van der Waals surface area contributed by atoms with E-state index in [9.17, 15) is 9.59 Å². The van der Waals surface area contributed by atoms with Crippen LogP contribution in [0.2, 0.25) is 0 Å². The molecule has 0 aliphatic heterocycles. The van der Waals surface area contributed by atoms with Crippen molar-refractivity contribution in [2.24, 2.45) is 0 Å². The average molecular weight is 140 g/mol. The fourth-order valence-electron chi connectivity index (χ4n) is 0.143. The van der Waals surface area contributed by atoms with Crippen molar-refractivity contribution >= 4 is 41.5 Å². The van der Waals surface area contributed by atoms with Crippen LogP contribution in [0, 0.1) is 0 Å². The van der Waals surface area contributed by atoms with E-state index in [4.69, 9.17) is 10.2 Å². The first kappa shape index (κ1) is 11.5. The molecule has 5 heteroatoms. The molecule has 0 heterocycles. The van der Waals surface area contributed by atoms with Gasteiger partial charge in [0.2, 0.25) is 0 Å². The summed E-state index contributed by atoms with van der Waals surface area (Å²) in [4.78, 5) is 19.1. The van der Waals surface area contributed by atoms with Gasteiger partial charge in [0.15, 0.2) is 0 Å². The topological polar surface area (TPSA) is 74.6 Å². The van der Waals surface area contributed by atoms with Gasteiger partial charge in [0, 0.05) is 12.2 Å². The van der Waals surface area contributed by atoms with Crippen LogP contribution in [-0.2, 0) is 9.59 Å². The van der Waals surface area contributed by atoms with Crippen LogP contribution in [0.5, 0.6) is 0 Å². The Morgan fingerprint density at radius 3 is 1.33 bits per heavy atom. The molecule has 2 N–H and O–H groups in total. The second-order valence-electron chi connectivity index (χ2n) is 1.01. The van der Waals surface area contributed by atoms with Gasteiger partial charge in [-0.15, -0.1) is 0 Å². The molecule has 0 bridgehead atoms. The monoisotopic (exact) mass is 140 g/mol. The van der Waals surface area contributed by atoms with E-state index < -0.39 is 11.9 Å². The summed E-state index contributed by atoms with van der Waals surface area (Å²) in [6, 6.07) is 0. The van der Waals surface area contributed by atoms with E-state index in [1.165, 1.54) is 0 Å². The predicted molar refractivity (Wildman–Crippen MR) is 31.6 cm³/mol. The van der Waals surface area contributed by atoms with Gasteiger partial charge in [0.1, 0.15) is 0 Å². The number of rotatable bonds is 2. The van der Waals surface area contributed by atoms with Crippen LogP contribution in [0.3, 0.4) is 0 Å². The van der Waals surface area contributed by atoms with Crippen LogP contribution < -0.4 is 0 Å². The van der Waals surface area contributed by atoms with Crippen molar-refractivity contribution in [3.05, 3.63) is 12.2 Å². The van der Waals surface area contributed by atoms with Crippen LogP contribution >= 0.6 is 0 Å². The molecule has 0 unspecified atom stereocenters. The molecule has 0 radical (unpaired) electrons. The Hall–Kier alpha value is -0.320. The number of hydrogen-bond donors (Lipinski definition) is 2. The SMILES string of the molecule is O=C(O)/C=C\C(=O)O.[NaH]. The molecule has 0 atom stereocenters. The van der Waals surface area contributed by atoms with Crippen LogP contribution in [0.1, 0.15) is 0 Å². The van der Waals surface area contributed by atoms with Gasteiger partial charge in [-0.25, -0.2) is 9.59 Å². The first-order valence-electron chi connectivity index (χ1n) is 1.77. The number of aliphatic carboxylic acids is 2. The first-order valence-corrected chi connectivity index (χ1v) is 1.77. The molecule has 0 saturated heterocycles. The molecule has 46 valence electrons. The molecule has 4 nitrogen and oxygen atoms in total. The summed E-state index contributed by atoms with van der Waals surface area (Å²) < 4.78 is 0. The third-order valence-electron chi connectivity index (χ3n) is 0.368. The summed E-state index contributed by atoms with van der Waals surface area (Å²) in [5, 5.41) is 15.6. The second kappa shape index (κ2) is 5.81. The Kier molecular flexibility index (Phi) is 7.41. The van der Waals surface area contributed by atoms with Crippen molar-refractivity contribution in [1.82, 2.24) is 0 Å². The maximum absolute atomic E-state index is 9.55. The van der Waals surface area contributed by atoms with Crippen LogP contribution in [-0.4, -0.2) is 51.7 Å². The fraction of sp³-hybridized carbons (Fsp3) is 0. The van der Waals surface area contributed by atoms with Gasteiger partial charge in [0.25, 0.3) is 0 Å². The quantitative estimate of drug-likeness (QED) is 0.383. The van der Waals surface area contributed by atoms with E-state index in [0.717, 1.165) is 0 Å². The Morgan fingerprint density at radius 1 is 1.00 bits per heavy atom. The van der Waals surface area contributed by atoms with Gasteiger partial charge in [-0.1, -0.05) is 0 Å². The molecule has 0 fully saturated rings. The summed E-state index contributed by atoms with van der Waals surface area (Å²) >= 11 is 0. The van der Waals surface area contributed by atoms with Gasteiger partial charge in [-0.05, 0) is 0 Å². The van der Waals surface area contributed by atoms with E-state index in [0.29, 0.717) is 12.2 Å². The molecular formula is C4H5NaO4. The van der Waals surface area contributed by atoms with Crippen molar-refractivity contribution in [2.45, 2.75) is 0 Å². The van der Waals surface area contributed by atoms with Gasteiger partial charge in [-0.2, -0.15) is 0 Å². The summed E-state index contributed by atoms with van der Waals surface area (Å²) in [7, 11) is 0. The summed E-state index contributed by atoms with van der Waals surface area (Å²) in [5.74, 6) is -2.51. The molecule has 0 aliphatic rings. The zero-order valence-corrected chi connectivity index (χ0v) is 3.87. The summed E-state index contributed by atoms with van der Waals surface area (Å²) in [6.07, 6.45) is 1.12. The van der Waals surface area contributed by atoms with E-state index >= 15 is 0 Å². The van der Waals surface area contributed by atoms with E-state index in [1.54, 1.807) is 0 Å². The number of hydrogen-bond acceptors (Lipinski definition) is 2. The molecule has 0 aromatic heterocycles.